The van der Waals surface area contributed by atoms with E-state index in [1.54, 1.807) is 13.0 Å². The number of likely N-dealkylation sites (tertiary alicyclic amines) is 1. The topological polar surface area (TPSA) is 74.6 Å². The van der Waals surface area contributed by atoms with Crippen molar-refractivity contribution in [3.05, 3.63) is 24.2 Å². The Morgan fingerprint density at radius 1 is 1.39 bits per heavy atom. The number of hydrogen-bond acceptors (Lipinski definition) is 4. The van der Waals surface area contributed by atoms with E-state index in [1.165, 1.54) is 18.9 Å². The molecule has 1 aliphatic heterocycles. The zero-order valence-electron chi connectivity index (χ0n) is 14.0. The molecule has 0 unspecified atom stereocenters. The van der Waals surface area contributed by atoms with Gasteiger partial charge in [-0.05, 0) is 57.8 Å². The molecule has 0 aromatic carbocycles. The van der Waals surface area contributed by atoms with E-state index in [4.69, 9.17) is 4.42 Å². The highest BCUT2D eigenvalue weighted by Gasteiger charge is 2.21. The van der Waals surface area contributed by atoms with Crippen molar-refractivity contribution in [3.8, 4) is 0 Å². The van der Waals surface area contributed by atoms with E-state index >= 15 is 0 Å². The van der Waals surface area contributed by atoms with Crippen LogP contribution in [0.15, 0.2) is 23.0 Å². The molecule has 0 aliphatic carbocycles. The Hall–Kier alpha value is -1.82. The third-order valence-electron chi connectivity index (χ3n) is 4.34. The first kappa shape index (κ1) is 17.5. The summed E-state index contributed by atoms with van der Waals surface area (Å²) in [4.78, 5) is 26.4. The Morgan fingerprint density at radius 2 is 2.13 bits per heavy atom. The summed E-state index contributed by atoms with van der Waals surface area (Å²) in [6.45, 7) is 7.96. The molecule has 0 spiro atoms. The molecular weight excluding hydrogens is 294 g/mol. The first-order valence-electron chi connectivity index (χ1n) is 8.43. The summed E-state index contributed by atoms with van der Waals surface area (Å²) in [5.41, 5.74) is 0.424. The zero-order valence-corrected chi connectivity index (χ0v) is 14.0. The second-order valence-corrected chi connectivity index (χ2v) is 6.24. The Balaban J connectivity index is 1.67. The number of piperidine rings is 1. The fourth-order valence-electron chi connectivity index (χ4n) is 2.87. The van der Waals surface area contributed by atoms with Gasteiger partial charge in [-0.15, -0.1) is 0 Å². The van der Waals surface area contributed by atoms with Crippen molar-refractivity contribution in [1.29, 1.82) is 0 Å². The van der Waals surface area contributed by atoms with Crippen molar-refractivity contribution < 1.29 is 14.0 Å². The Kier molecular flexibility index (Phi) is 6.65. The van der Waals surface area contributed by atoms with E-state index in [0.717, 1.165) is 32.5 Å². The zero-order chi connectivity index (χ0) is 16.7. The molecule has 1 saturated heterocycles. The van der Waals surface area contributed by atoms with Gasteiger partial charge in [-0.3, -0.25) is 9.59 Å². The van der Waals surface area contributed by atoms with E-state index in [1.807, 2.05) is 0 Å². The molecule has 1 aromatic rings. The van der Waals surface area contributed by atoms with Crippen LogP contribution in [-0.4, -0.2) is 48.9 Å². The largest absolute Gasteiger partial charge is 0.472 e. The summed E-state index contributed by atoms with van der Waals surface area (Å²) in [5, 5.41) is 5.63. The van der Waals surface area contributed by atoms with E-state index in [0.29, 0.717) is 18.0 Å². The molecule has 1 fully saturated rings. The number of rotatable bonds is 7. The van der Waals surface area contributed by atoms with Crippen LogP contribution in [0.4, 0.5) is 0 Å². The van der Waals surface area contributed by atoms with Gasteiger partial charge in [-0.25, -0.2) is 0 Å². The molecule has 6 nitrogen and oxygen atoms in total. The van der Waals surface area contributed by atoms with Crippen molar-refractivity contribution in [1.82, 2.24) is 15.5 Å². The Bertz CT molecular complexity index is 493. The predicted molar refractivity (Wildman–Crippen MR) is 88.1 cm³/mol. The van der Waals surface area contributed by atoms with Crippen molar-refractivity contribution in [3.63, 3.8) is 0 Å². The molecule has 2 heterocycles. The second-order valence-electron chi connectivity index (χ2n) is 6.24. The quantitative estimate of drug-likeness (QED) is 0.800. The minimum absolute atomic E-state index is 0.141. The molecule has 1 aliphatic rings. The van der Waals surface area contributed by atoms with E-state index in [9.17, 15) is 9.59 Å². The number of nitrogens with one attached hydrogen (secondary N) is 2. The molecule has 23 heavy (non-hydrogen) atoms. The van der Waals surface area contributed by atoms with Gasteiger partial charge < -0.3 is 20.0 Å². The van der Waals surface area contributed by atoms with Crippen LogP contribution in [-0.2, 0) is 4.79 Å². The molecule has 1 aromatic heterocycles. The van der Waals surface area contributed by atoms with Gasteiger partial charge in [0.05, 0.1) is 11.8 Å². The Labute approximate surface area is 137 Å². The minimum Gasteiger partial charge on any atom is -0.472 e. The van der Waals surface area contributed by atoms with E-state index < -0.39 is 6.04 Å². The number of amides is 2. The van der Waals surface area contributed by atoms with Crippen LogP contribution in [0, 0.1) is 5.92 Å². The van der Waals surface area contributed by atoms with Gasteiger partial charge in [0.2, 0.25) is 5.91 Å². The number of carbonyl (C=O) groups is 2. The summed E-state index contributed by atoms with van der Waals surface area (Å²) in [6, 6.07) is 1.02. The highest BCUT2D eigenvalue weighted by molar-refractivity contribution is 5.97. The van der Waals surface area contributed by atoms with Crippen molar-refractivity contribution in [2.45, 2.75) is 39.2 Å². The lowest BCUT2D eigenvalue weighted by atomic mass is 9.96. The summed E-state index contributed by atoms with van der Waals surface area (Å²) >= 11 is 0. The monoisotopic (exact) mass is 321 g/mol. The molecule has 0 bridgehead atoms. The molecule has 0 radical (unpaired) electrons. The molecule has 1 atom stereocenters. The predicted octanol–water partition coefficient (Wildman–Crippen LogP) is 1.64. The second kappa shape index (κ2) is 8.72. The van der Waals surface area contributed by atoms with E-state index in [-0.39, 0.29) is 11.8 Å². The number of nitrogens with zero attached hydrogens (tertiary/aromatic N) is 1. The van der Waals surface area contributed by atoms with Crippen LogP contribution >= 0.6 is 0 Å². The van der Waals surface area contributed by atoms with Crippen molar-refractivity contribution in [2.24, 2.45) is 5.92 Å². The van der Waals surface area contributed by atoms with Gasteiger partial charge in [0.15, 0.2) is 0 Å². The van der Waals surface area contributed by atoms with Crippen molar-refractivity contribution in [2.75, 3.05) is 26.2 Å². The normalized spacial score (nSPS) is 17.7. The van der Waals surface area contributed by atoms with Crippen LogP contribution in [0.1, 0.15) is 43.5 Å². The molecule has 2 amide bonds. The number of carbonyl (C=O) groups excluding carboxylic acids is 2. The van der Waals surface area contributed by atoms with Crippen LogP contribution in [0.5, 0.6) is 0 Å². The lowest BCUT2D eigenvalue weighted by molar-refractivity contribution is -0.122. The molecule has 2 N–H and O–H groups in total. The first-order chi connectivity index (χ1) is 11.1. The van der Waals surface area contributed by atoms with Crippen LogP contribution in [0.3, 0.4) is 0 Å². The number of hydrogen-bond donors (Lipinski definition) is 2. The summed E-state index contributed by atoms with van der Waals surface area (Å²) in [6.07, 6.45) is 6.23. The lowest BCUT2D eigenvalue weighted by Crippen LogP contribution is -2.47. The van der Waals surface area contributed by atoms with Crippen LogP contribution in [0.2, 0.25) is 0 Å². The standard InChI is InChI=1S/C17H27N3O3/c1-3-7-20-8-4-14(5-9-20)11-18-16(21)13(2)19-17(22)15-6-10-23-12-15/h6,10,12-14H,3-5,7-9,11H2,1-2H3,(H,18,21)(H,19,22)/t13-/m0/s1. The molecular formula is C17H27N3O3. The lowest BCUT2D eigenvalue weighted by Gasteiger charge is -2.31. The molecule has 6 heteroatoms. The summed E-state index contributed by atoms with van der Waals surface area (Å²) < 4.78 is 4.87. The van der Waals surface area contributed by atoms with Gasteiger partial charge in [0.25, 0.3) is 5.91 Å². The van der Waals surface area contributed by atoms with Gasteiger partial charge in [-0.1, -0.05) is 6.92 Å². The maximum absolute atomic E-state index is 12.1. The smallest absolute Gasteiger partial charge is 0.255 e. The van der Waals surface area contributed by atoms with Gasteiger partial charge >= 0.3 is 0 Å². The molecule has 2 rings (SSSR count). The maximum atomic E-state index is 12.1. The van der Waals surface area contributed by atoms with E-state index in [2.05, 4.69) is 22.5 Å². The minimum atomic E-state index is -0.558. The highest BCUT2D eigenvalue weighted by atomic mass is 16.3. The highest BCUT2D eigenvalue weighted by Crippen LogP contribution is 2.16. The number of furan rings is 1. The van der Waals surface area contributed by atoms with Crippen molar-refractivity contribution >= 4 is 11.8 Å². The molecule has 0 saturated carbocycles. The fourth-order valence-corrected chi connectivity index (χ4v) is 2.87. The first-order valence-corrected chi connectivity index (χ1v) is 8.43. The summed E-state index contributed by atoms with van der Waals surface area (Å²) in [5.74, 6) is 0.0935. The summed E-state index contributed by atoms with van der Waals surface area (Å²) in [7, 11) is 0. The van der Waals surface area contributed by atoms with Gasteiger partial charge in [-0.2, -0.15) is 0 Å². The van der Waals surface area contributed by atoms with Gasteiger partial charge in [0.1, 0.15) is 12.3 Å². The average Bonchev–Trinajstić information content (AvgIpc) is 3.08. The van der Waals surface area contributed by atoms with Crippen LogP contribution < -0.4 is 10.6 Å². The Morgan fingerprint density at radius 3 is 2.74 bits per heavy atom. The maximum Gasteiger partial charge on any atom is 0.255 e. The van der Waals surface area contributed by atoms with Crippen LogP contribution in [0.25, 0.3) is 0 Å². The third kappa shape index (κ3) is 5.39. The fraction of sp³-hybridized carbons (Fsp3) is 0.647. The molecule has 128 valence electrons. The average molecular weight is 321 g/mol. The third-order valence-corrected chi connectivity index (χ3v) is 4.34. The SMILES string of the molecule is CCCN1CCC(CNC(=O)[C@H](C)NC(=O)c2ccoc2)CC1. The van der Waals surface area contributed by atoms with Gasteiger partial charge in [0, 0.05) is 6.54 Å².